The van der Waals surface area contributed by atoms with Gasteiger partial charge in [0.1, 0.15) is 12.6 Å². The summed E-state index contributed by atoms with van der Waals surface area (Å²) in [5.74, 6) is -2.40. The van der Waals surface area contributed by atoms with Gasteiger partial charge in [0.2, 0.25) is 0 Å². The van der Waals surface area contributed by atoms with Crippen LogP contribution >= 0.6 is 7.82 Å². The Balaban J connectivity index is 4.42. The summed E-state index contributed by atoms with van der Waals surface area (Å²) in [5.41, 5.74) is 5.32. The number of rotatable bonds is 38. The van der Waals surface area contributed by atoms with Gasteiger partial charge in [-0.15, -0.1) is 0 Å². The van der Waals surface area contributed by atoms with Crippen molar-refractivity contribution in [1.29, 1.82) is 0 Å². The number of hydrogen-bond donors (Lipinski definition) is 3. The Morgan fingerprint density at radius 2 is 1.00 bits per heavy atom. The van der Waals surface area contributed by atoms with Crippen molar-refractivity contribution in [2.75, 3.05) is 19.8 Å². The average molecular weight is 772 g/mol. The summed E-state index contributed by atoms with van der Waals surface area (Å²) in [6.45, 7) is 2.74. The summed E-state index contributed by atoms with van der Waals surface area (Å²) in [6.07, 6.45) is 37.8. The van der Waals surface area contributed by atoms with Crippen LogP contribution in [0.25, 0.3) is 0 Å². The standard InChI is InChI=1S/C41H74NO10P/c1-3-5-7-9-11-13-15-17-18-19-20-21-23-24-26-28-30-32-39(43)49-34-37(35-50-53(47,48)51-36-38(42)41(45)46)52-40(44)33-31-29-27-25-22-16-14-12-10-8-6-4-2/h11,13,17-18,20-21,37-38H,3-10,12,14-16,19,22-36,42H2,1-2H3,(H,45,46)(H,47,48)/b13-11-,18-17-,21-20-/t37-,38+/m1/s1. The zero-order valence-corrected chi connectivity index (χ0v) is 34.0. The first-order valence-corrected chi connectivity index (χ1v) is 22.0. The predicted octanol–water partition coefficient (Wildman–Crippen LogP) is 10.4. The largest absolute Gasteiger partial charge is 0.480 e. The second-order valence-corrected chi connectivity index (χ2v) is 15.2. The molecule has 0 fully saturated rings. The van der Waals surface area contributed by atoms with E-state index in [2.05, 4.69) is 54.8 Å². The summed E-state index contributed by atoms with van der Waals surface area (Å²) in [6, 6.07) is -1.52. The Labute approximate surface area is 321 Å². The Morgan fingerprint density at radius 1 is 0.585 bits per heavy atom. The fourth-order valence-corrected chi connectivity index (χ4v) is 6.14. The van der Waals surface area contributed by atoms with Gasteiger partial charge in [-0.2, -0.15) is 0 Å². The first-order valence-electron chi connectivity index (χ1n) is 20.5. The van der Waals surface area contributed by atoms with Crippen LogP contribution in [0.15, 0.2) is 36.5 Å². The molecule has 0 amide bonds. The van der Waals surface area contributed by atoms with Crippen molar-refractivity contribution < 1.29 is 47.5 Å². The van der Waals surface area contributed by atoms with E-state index in [-0.39, 0.29) is 19.4 Å². The number of nitrogens with two attached hydrogens (primary N) is 1. The number of carbonyl (C=O) groups is 3. The third-order valence-electron chi connectivity index (χ3n) is 8.64. The third kappa shape index (κ3) is 36.4. The van der Waals surface area contributed by atoms with Crippen LogP contribution in [-0.4, -0.2) is 59.9 Å². The smallest absolute Gasteiger partial charge is 0.472 e. The molecule has 11 nitrogen and oxygen atoms in total. The van der Waals surface area contributed by atoms with Gasteiger partial charge in [-0.1, -0.05) is 147 Å². The van der Waals surface area contributed by atoms with E-state index in [1.54, 1.807) is 0 Å². The van der Waals surface area contributed by atoms with Crippen molar-refractivity contribution in [1.82, 2.24) is 0 Å². The summed E-state index contributed by atoms with van der Waals surface area (Å²) in [4.78, 5) is 45.8. The molecule has 0 rings (SSSR count). The third-order valence-corrected chi connectivity index (χ3v) is 9.59. The zero-order valence-electron chi connectivity index (χ0n) is 33.1. The molecule has 4 N–H and O–H groups in total. The second kappa shape index (κ2) is 36.7. The molecule has 0 aromatic heterocycles. The second-order valence-electron chi connectivity index (χ2n) is 13.8. The van der Waals surface area contributed by atoms with Gasteiger partial charge in [-0.25, -0.2) is 4.57 Å². The van der Waals surface area contributed by atoms with E-state index >= 15 is 0 Å². The monoisotopic (exact) mass is 772 g/mol. The molecule has 308 valence electrons. The van der Waals surface area contributed by atoms with Gasteiger partial charge < -0.3 is 25.2 Å². The molecule has 1 unspecified atom stereocenters. The van der Waals surface area contributed by atoms with Gasteiger partial charge in [0.15, 0.2) is 6.10 Å². The maximum Gasteiger partial charge on any atom is 0.472 e. The molecule has 0 bridgehead atoms. The minimum absolute atomic E-state index is 0.158. The maximum absolute atomic E-state index is 12.6. The highest BCUT2D eigenvalue weighted by atomic mass is 31.2. The van der Waals surface area contributed by atoms with E-state index in [1.165, 1.54) is 77.0 Å². The lowest BCUT2D eigenvalue weighted by Gasteiger charge is -2.20. The van der Waals surface area contributed by atoms with Crippen LogP contribution in [0.4, 0.5) is 0 Å². The van der Waals surface area contributed by atoms with E-state index < -0.39 is 51.1 Å². The molecule has 0 aliphatic rings. The van der Waals surface area contributed by atoms with E-state index in [0.29, 0.717) is 12.8 Å². The number of carboxylic acid groups (broad SMARTS) is 1. The van der Waals surface area contributed by atoms with Crippen molar-refractivity contribution >= 4 is 25.7 Å². The molecule has 0 spiro atoms. The predicted molar refractivity (Wildman–Crippen MR) is 212 cm³/mol. The SMILES string of the molecule is CCCCC/C=C\C/C=C\C/C=C\CCCCCCC(=O)OC[C@H](COP(=O)(O)OC[C@H](N)C(=O)O)OC(=O)CCCCCCCCCCCCCC. The summed E-state index contributed by atoms with van der Waals surface area (Å²) in [7, 11) is -4.71. The van der Waals surface area contributed by atoms with Crippen LogP contribution in [0.3, 0.4) is 0 Å². The van der Waals surface area contributed by atoms with Crippen molar-refractivity contribution in [3.05, 3.63) is 36.5 Å². The fraction of sp³-hybridized carbons (Fsp3) is 0.780. The van der Waals surface area contributed by atoms with Crippen molar-refractivity contribution in [2.24, 2.45) is 5.73 Å². The number of aliphatic carboxylic acids is 1. The number of unbranched alkanes of at least 4 members (excludes halogenated alkanes) is 18. The highest BCUT2D eigenvalue weighted by molar-refractivity contribution is 7.47. The average Bonchev–Trinajstić information content (AvgIpc) is 3.13. The van der Waals surface area contributed by atoms with E-state index in [4.69, 9.17) is 24.8 Å². The topological polar surface area (TPSA) is 172 Å². The number of phosphoric acid groups is 1. The van der Waals surface area contributed by atoms with Crippen molar-refractivity contribution in [3.8, 4) is 0 Å². The molecule has 0 aromatic carbocycles. The van der Waals surface area contributed by atoms with Gasteiger partial charge >= 0.3 is 25.7 Å². The Kier molecular flexibility index (Phi) is 35.1. The van der Waals surface area contributed by atoms with Gasteiger partial charge in [0.05, 0.1) is 13.2 Å². The van der Waals surface area contributed by atoms with Crippen LogP contribution < -0.4 is 5.73 Å². The van der Waals surface area contributed by atoms with Crippen LogP contribution in [-0.2, 0) is 37.5 Å². The maximum atomic E-state index is 12.6. The number of allylic oxidation sites excluding steroid dienone is 6. The molecule has 0 radical (unpaired) electrons. The summed E-state index contributed by atoms with van der Waals surface area (Å²) >= 11 is 0. The van der Waals surface area contributed by atoms with Crippen LogP contribution in [0.1, 0.15) is 174 Å². The molecular formula is C41H74NO10P. The van der Waals surface area contributed by atoms with Gasteiger partial charge in [-0.3, -0.25) is 23.4 Å². The highest BCUT2D eigenvalue weighted by Gasteiger charge is 2.28. The number of esters is 2. The Morgan fingerprint density at radius 3 is 1.53 bits per heavy atom. The zero-order chi connectivity index (χ0) is 39.3. The quantitative estimate of drug-likeness (QED) is 0.0236. The minimum atomic E-state index is -4.71. The Hall–Kier alpha value is -2.30. The fourth-order valence-electron chi connectivity index (χ4n) is 5.36. The van der Waals surface area contributed by atoms with Crippen LogP contribution in [0, 0.1) is 0 Å². The molecule has 0 aliphatic heterocycles. The van der Waals surface area contributed by atoms with Gasteiger partial charge in [0.25, 0.3) is 0 Å². The van der Waals surface area contributed by atoms with Crippen molar-refractivity contribution in [3.63, 3.8) is 0 Å². The highest BCUT2D eigenvalue weighted by Crippen LogP contribution is 2.43. The number of ether oxygens (including phenoxy) is 2. The molecule has 0 aliphatic carbocycles. The first kappa shape index (κ1) is 50.7. The number of carbonyl (C=O) groups excluding carboxylic acids is 2. The molecule has 53 heavy (non-hydrogen) atoms. The number of carboxylic acids is 1. The Bertz CT molecular complexity index is 1050. The molecule has 0 saturated heterocycles. The first-order chi connectivity index (χ1) is 25.6. The lowest BCUT2D eigenvalue weighted by molar-refractivity contribution is -0.161. The molecule has 0 heterocycles. The molecule has 12 heteroatoms. The van der Waals surface area contributed by atoms with Crippen LogP contribution in [0.5, 0.6) is 0 Å². The minimum Gasteiger partial charge on any atom is -0.480 e. The molecular weight excluding hydrogens is 697 g/mol. The number of phosphoric ester groups is 1. The lowest BCUT2D eigenvalue weighted by Crippen LogP contribution is -2.34. The summed E-state index contributed by atoms with van der Waals surface area (Å²) in [5, 5.41) is 8.87. The number of hydrogen-bond acceptors (Lipinski definition) is 9. The van der Waals surface area contributed by atoms with Gasteiger partial charge in [-0.05, 0) is 51.4 Å². The molecule has 0 saturated carbocycles. The van der Waals surface area contributed by atoms with Gasteiger partial charge in [0, 0.05) is 12.8 Å². The molecule has 3 atom stereocenters. The lowest BCUT2D eigenvalue weighted by atomic mass is 10.0. The normalized spacial score (nSPS) is 14.2. The van der Waals surface area contributed by atoms with Crippen LogP contribution in [0.2, 0.25) is 0 Å². The summed E-state index contributed by atoms with van der Waals surface area (Å²) < 4.78 is 32.6. The van der Waals surface area contributed by atoms with Crippen molar-refractivity contribution in [2.45, 2.75) is 187 Å². The van der Waals surface area contributed by atoms with E-state index in [9.17, 15) is 23.8 Å². The molecule has 0 aromatic rings. The van der Waals surface area contributed by atoms with E-state index in [1.807, 2.05) is 0 Å². The van der Waals surface area contributed by atoms with E-state index in [0.717, 1.165) is 57.8 Å².